The lowest BCUT2D eigenvalue weighted by molar-refractivity contribution is -0.116. The minimum Gasteiger partial charge on any atom is -0.453 e. The van der Waals surface area contributed by atoms with Crippen molar-refractivity contribution in [2.24, 2.45) is 0 Å². The first-order valence-corrected chi connectivity index (χ1v) is 7.52. The lowest BCUT2D eigenvalue weighted by Gasteiger charge is -2.06. The molecule has 3 rings (SSSR count). The van der Waals surface area contributed by atoms with E-state index in [1.807, 2.05) is 0 Å². The Labute approximate surface area is 143 Å². The molecule has 0 bridgehead atoms. The number of carbonyl (C=O) groups excluding carboxylic acids is 1. The van der Waals surface area contributed by atoms with Crippen molar-refractivity contribution in [2.75, 3.05) is 0 Å². The van der Waals surface area contributed by atoms with Gasteiger partial charge in [-0.1, -0.05) is 6.07 Å². The van der Waals surface area contributed by atoms with E-state index in [9.17, 15) is 9.18 Å². The molecule has 7 heteroatoms. The van der Waals surface area contributed by atoms with E-state index < -0.39 is 5.82 Å². The van der Waals surface area contributed by atoms with Crippen molar-refractivity contribution in [3.8, 4) is 11.5 Å². The minimum atomic E-state index is -0.524. The van der Waals surface area contributed by atoms with Crippen molar-refractivity contribution in [1.29, 1.82) is 0 Å². The molecular formula is C18H15FN4O2. The summed E-state index contributed by atoms with van der Waals surface area (Å²) < 4.78 is 19.5. The molecule has 25 heavy (non-hydrogen) atoms. The first-order valence-electron chi connectivity index (χ1n) is 7.52. The predicted octanol–water partition coefficient (Wildman–Crippen LogP) is 3.07. The van der Waals surface area contributed by atoms with Crippen LogP contribution in [-0.2, 0) is 11.3 Å². The Morgan fingerprint density at radius 1 is 1.28 bits per heavy atom. The summed E-state index contributed by atoms with van der Waals surface area (Å²) in [7, 11) is 0. The summed E-state index contributed by atoms with van der Waals surface area (Å²) >= 11 is 0. The van der Waals surface area contributed by atoms with Crippen molar-refractivity contribution < 1.29 is 13.9 Å². The van der Waals surface area contributed by atoms with E-state index in [0.29, 0.717) is 17.9 Å². The maximum Gasteiger partial charge on any atom is 0.244 e. The number of carbonyl (C=O) groups is 1. The van der Waals surface area contributed by atoms with Gasteiger partial charge in [0.1, 0.15) is 5.75 Å². The highest BCUT2D eigenvalue weighted by Gasteiger charge is 2.05. The van der Waals surface area contributed by atoms with E-state index >= 15 is 0 Å². The molecule has 126 valence electrons. The van der Waals surface area contributed by atoms with Gasteiger partial charge in [0, 0.05) is 18.5 Å². The van der Waals surface area contributed by atoms with Gasteiger partial charge in [-0.3, -0.25) is 14.9 Å². The molecule has 0 atom stereocenters. The maximum absolute atomic E-state index is 14.1. The molecule has 6 nitrogen and oxygen atoms in total. The van der Waals surface area contributed by atoms with Crippen LogP contribution in [0.5, 0.6) is 11.5 Å². The Balaban J connectivity index is 1.59. The molecule has 0 saturated carbocycles. The fourth-order valence-electron chi connectivity index (χ4n) is 2.03. The van der Waals surface area contributed by atoms with Crippen LogP contribution in [0.15, 0.2) is 61.1 Å². The lowest BCUT2D eigenvalue weighted by atomic mass is 10.2. The molecule has 0 aliphatic rings. The summed E-state index contributed by atoms with van der Waals surface area (Å²) in [6.07, 6.45) is 7.58. The number of amides is 1. The zero-order valence-electron chi connectivity index (χ0n) is 13.1. The summed E-state index contributed by atoms with van der Waals surface area (Å²) in [6, 6.07) is 9.61. The molecule has 0 saturated heterocycles. The normalized spacial score (nSPS) is 10.8. The van der Waals surface area contributed by atoms with Crippen LogP contribution in [0.25, 0.3) is 6.08 Å². The van der Waals surface area contributed by atoms with E-state index in [1.165, 1.54) is 30.5 Å². The number of benzene rings is 1. The quantitative estimate of drug-likeness (QED) is 0.677. The van der Waals surface area contributed by atoms with Crippen LogP contribution in [0.4, 0.5) is 4.39 Å². The first-order chi connectivity index (χ1) is 12.2. The Hall–Kier alpha value is -3.48. The van der Waals surface area contributed by atoms with Crippen LogP contribution in [0.1, 0.15) is 11.3 Å². The third-order valence-electron chi connectivity index (χ3n) is 3.26. The Morgan fingerprint density at radius 2 is 2.20 bits per heavy atom. The number of aromatic nitrogens is 3. The maximum atomic E-state index is 14.1. The van der Waals surface area contributed by atoms with Crippen molar-refractivity contribution in [3.63, 3.8) is 0 Å². The number of halogens is 1. The van der Waals surface area contributed by atoms with Gasteiger partial charge in [-0.05, 0) is 42.0 Å². The molecule has 0 aliphatic carbocycles. The van der Waals surface area contributed by atoms with Gasteiger partial charge < -0.3 is 10.1 Å². The summed E-state index contributed by atoms with van der Waals surface area (Å²) in [5, 5.41) is 9.22. The molecular weight excluding hydrogens is 323 g/mol. The number of nitrogens with zero attached hydrogens (tertiary/aromatic N) is 2. The zero-order chi connectivity index (χ0) is 17.5. The molecule has 0 unspecified atom stereocenters. The predicted molar refractivity (Wildman–Crippen MR) is 90.2 cm³/mol. The third-order valence-corrected chi connectivity index (χ3v) is 3.26. The highest BCUT2D eigenvalue weighted by atomic mass is 19.1. The lowest BCUT2D eigenvalue weighted by Crippen LogP contribution is -2.20. The fourth-order valence-corrected chi connectivity index (χ4v) is 2.03. The molecule has 2 N–H and O–H groups in total. The van der Waals surface area contributed by atoms with Gasteiger partial charge >= 0.3 is 0 Å². The molecule has 2 aromatic heterocycles. The Bertz CT molecular complexity index is 864. The van der Waals surface area contributed by atoms with Gasteiger partial charge in [0.05, 0.1) is 18.4 Å². The standard InChI is InChI=1S/C18H15FN4O2/c19-16-10-13(3-5-17(16)25-15-2-1-8-20-12-15)4-6-18(24)21-11-14-7-9-22-23-14/h1-10,12H,11H2,(H,21,24)(H,22,23)/b6-4-. The SMILES string of the molecule is O=C(/C=C\c1ccc(Oc2cccnc2)c(F)c1)NCc1ccn[nH]1. The second-order valence-corrected chi connectivity index (χ2v) is 5.11. The average molecular weight is 338 g/mol. The van der Waals surface area contributed by atoms with E-state index in [-0.39, 0.29) is 11.7 Å². The molecule has 0 spiro atoms. The van der Waals surface area contributed by atoms with E-state index in [4.69, 9.17) is 4.74 Å². The first kappa shape index (κ1) is 16.4. The summed E-state index contributed by atoms with van der Waals surface area (Å²) in [6.45, 7) is 0.343. The smallest absolute Gasteiger partial charge is 0.244 e. The van der Waals surface area contributed by atoms with E-state index in [1.54, 1.807) is 36.7 Å². The van der Waals surface area contributed by atoms with Crippen LogP contribution in [-0.4, -0.2) is 21.1 Å². The molecule has 0 radical (unpaired) electrons. The van der Waals surface area contributed by atoms with Gasteiger partial charge in [-0.15, -0.1) is 0 Å². The van der Waals surface area contributed by atoms with Gasteiger partial charge in [0.2, 0.25) is 5.91 Å². The van der Waals surface area contributed by atoms with E-state index in [2.05, 4.69) is 20.5 Å². The van der Waals surface area contributed by atoms with Gasteiger partial charge in [-0.2, -0.15) is 5.10 Å². The molecule has 1 amide bonds. The molecule has 0 fully saturated rings. The van der Waals surface area contributed by atoms with Crippen LogP contribution in [0.2, 0.25) is 0 Å². The second-order valence-electron chi connectivity index (χ2n) is 5.11. The van der Waals surface area contributed by atoms with Gasteiger partial charge in [0.25, 0.3) is 0 Å². The number of nitrogens with one attached hydrogen (secondary N) is 2. The number of rotatable bonds is 6. The van der Waals surface area contributed by atoms with Crippen LogP contribution in [0, 0.1) is 5.82 Å². The number of hydrogen-bond donors (Lipinski definition) is 2. The Morgan fingerprint density at radius 3 is 2.92 bits per heavy atom. The Kier molecular flexibility index (Phi) is 5.16. The molecule has 3 aromatic rings. The third kappa shape index (κ3) is 4.74. The monoisotopic (exact) mass is 338 g/mol. The number of hydrogen-bond acceptors (Lipinski definition) is 4. The largest absolute Gasteiger partial charge is 0.453 e. The van der Waals surface area contributed by atoms with Crippen molar-refractivity contribution in [3.05, 3.63) is 78.1 Å². The topological polar surface area (TPSA) is 79.9 Å². The summed E-state index contributed by atoms with van der Waals surface area (Å²) in [5.74, 6) is -0.272. The van der Waals surface area contributed by atoms with Gasteiger partial charge in [-0.25, -0.2) is 4.39 Å². The summed E-state index contributed by atoms with van der Waals surface area (Å²) in [5.41, 5.74) is 1.34. The van der Waals surface area contributed by atoms with E-state index in [0.717, 1.165) is 5.69 Å². The summed E-state index contributed by atoms with van der Waals surface area (Å²) in [4.78, 5) is 15.7. The fraction of sp³-hybridized carbons (Fsp3) is 0.0556. The van der Waals surface area contributed by atoms with Crippen molar-refractivity contribution >= 4 is 12.0 Å². The number of ether oxygens (including phenoxy) is 1. The minimum absolute atomic E-state index is 0.0915. The van der Waals surface area contributed by atoms with Crippen LogP contribution < -0.4 is 10.1 Å². The highest BCUT2D eigenvalue weighted by Crippen LogP contribution is 2.24. The van der Waals surface area contributed by atoms with Crippen LogP contribution in [0.3, 0.4) is 0 Å². The second kappa shape index (κ2) is 7.87. The van der Waals surface area contributed by atoms with Crippen molar-refractivity contribution in [1.82, 2.24) is 20.5 Å². The molecule has 1 aromatic carbocycles. The zero-order valence-corrected chi connectivity index (χ0v) is 13.1. The molecule has 2 heterocycles. The van der Waals surface area contributed by atoms with Crippen molar-refractivity contribution in [2.45, 2.75) is 6.54 Å². The molecule has 0 aliphatic heterocycles. The number of aromatic amines is 1. The highest BCUT2D eigenvalue weighted by molar-refractivity contribution is 5.91. The van der Waals surface area contributed by atoms with Gasteiger partial charge in [0.15, 0.2) is 11.6 Å². The average Bonchev–Trinajstić information content (AvgIpc) is 3.15. The number of pyridine rings is 1. The number of H-pyrrole nitrogens is 1. The van der Waals surface area contributed by atoms with Crippen LogP contribution >= 0.6 is 0 Å².